The molecular formula is C20H32N2O2S. The Hall–Kier alpha value is -1.62. The zero-order valence-corrected chi connectivity index (χ0v) is 16.5. The van der Waals surface area contributed by atoms with E-state index in [1.807, 2.05) is 23.9 Å². The van der Waals surface area contributed by atoms with Gasteiger partial charge in [0, 0.05) is 37.4 Å². The van der Waals surface area contributed by atoms with Crippen LogP contribution in [0.4, 0.5) is 0 Å². The molecule has 0 radical (unpaired) electrons. The summed E-state index contributed by atoms with van der Waals surface area (Å²) in [6, 6.07) is 7.21. The van der Waals surface area contributed by atoms with Gasteiger partial charge in [0.2, 0.25) is 5.91 Å². The van der Waals surface area contributed by atoms with Gasteiger partial charge in [0.25, 0.3) is 0 Å². The summed E-state index contributed by atoms with van der Waals surface area (Å²) < 4.78 is 0. The molecule has 0 saturated carbocycles. The molecule has 3 N–H and O–H groups in total. The number of phenols is 1. The summed E-state index contributed by atoms with van der Waals surface area (Å²) in [5, 5.41) is 15.6. The number of allylic oxidation sites excluding steroid dienone is 1. The number of aromatic hydroxyl groups is 1. The third kappa shape index (κ3) is 11.5. The lowest BCUT2D eigenvalue weighted by atomic mass is 9.92. The largest absolute Gasteiger partial charge is 0.508 e. The minimum Gasteiger partial charge on any atom is -0.508 e. The first-order valence-corrected chi connectivity index (χ1v) is 9.96. The van der Waals surface area contributed by atoms with E-state index >= 15 is 0 Å². The molecule has 1 amide bonds. The first-order valence-electron chi connectivity index (χ1n) is 8.80. The Labute approximate surface area is 156 Å². The smallest absolute Gasteiger partial charge is 0.220 e. The molecule has 0 atom stereocenters. The third-order valence-electron chi connectivity index (χ3n) is 3.45. The van der Waals surface area contributed by atoms with Crippen molar-refractivity contribution in [3.05, 3.63) is 42.1 Å². The molecule has 1 aromatic rings. The number of amides is 1. The van der Waals surface area contributed by atoms with E-state index in [0.29, 0.717) is 6.42 Å². The van der Waals surface area contributed by atoms with Gasteiger partial charge in [0.15, 0.2) is 0 Å². The molecule has 1 aromatic carbocycles. The molecule has 0 bridgehead atoms. The van der Waals surface area contributed by atoms with Crippen molar-refractivity contribution >= 4 is 17.7 Å². The van der Waals surface area contributed by atoms with Gasteiger partial charge in [-0.3, -0.25) is 4.79 Å². The van der Waals surface area contributed by atoms with Gasteiger partial charge >= 0.3 is 0 Å². The van der Waals surface area contributed by atoms with Crippen LogP contribution in [0.2, 0.25) is 0 Å². The minimum atomic E-state index is 0.0470. The summed E-state index contributed by atoms with van der Waals surface area (Å²) in [6.07, 6.45) is 2.41. The van der Waals surface area contributed by atoms with E-state index in [1.54, 1.807) is 12.1 Å². The molecule has 0 heterocycles. The lowest BCUT2D eigenvalue weighted by molar-refractivity contribution is -0.122. The van der Waals surface area contributed by atoms with Gasteiger partial charge in [-0.1, -0.05) is 39.5 Å². The number of rotatable bonds is 11. The standard InChI is InChI=1S/C20H32N2O2S/c1-16(14-17-6-8-18(23)9-7-17)21-10-5-12-25-13-11-22-19(24)15-20(2,3)4/h6-9,21,23H,1,5,10-15H2,2-4H3,(H,22,24). The summed E-state index contributed by atoms with van der Waals surface area (Å²) >= 11 is 1.86. The highest BCUT2D eigenvalue weighted by atomic mass is 32.2. The van der Waals surface area contributed by atoms with Crippen LogP contribution in [-0.4, -0.2) is 35.6 Å². The molecular weight excluding hydrogens is 332 g/mol. The average Bonchev–Trinajstić information content (AvgIpc) is 2.50. The first kappa shape index (κ1) is 21.4. The van der Waals surface area contributed by atoms with Gasteiger partial charge in [0.05, 0.1) is 0 Å². The SMILES string of the molecule is C=C(Cc1ccc(O)cc1)NCCCSCCNC(=O)CC(C)(C)C. The number of benzene rings is 1. The van der Waals surface area contributed by atoms with E-state index < -0.39 is 0 Å². The van der Waals surface area contributed by atoms with Gasteiger partial charge in [-0.15, -0.1) is 0 Å². The maximum absolute atomic E-state index is 11.7. The Morgan fingerprint density at radius 1 is 1.12 bits per heavy atom. The molecule has 140 valence electrons. The zero-order valence-electron chi connectivity index (χ0n) is 15.7. The van der Waals surface area contributed by atoms with E-state index in [0.717, 1.165) is 48.7 Å². The minimum absolute atomic E-state index is 0.0470. The molecule has 0 saturated heterocycles. The number of phenolic OH excluding ortho intramolecular Hbond substituents is 1. The van der Waals surface area contributed by atoms with Crippen LogP contribution >= 0.6 is 11.8 Å². The molecule has 0 spiro atoms. The van der Waals surface area contributed by atoms with E-state index in [4.69, 9.17) is 0 Å². The second-order valence-electron chi connectivity index (χ2n) is 7.43. The molecule has 0 unspecified atom stereocenters. The molecule has 0 aliphatic carbocycles. The van der Waals surface area contributed by atoms with Crippen LogP contribution in [-0.2, 0) is 11.2 Å². The molecule has 0 aliphatic heterocycles. The van der Waals surface area contributed by atoms with Crippen LogP contribution in [0.3, 0.4) is 0 Å². The fraction of sp³-hybridized carbons (Fsp3) is 0.550. The van der Waals surface area contributed by atoms with Crippen LogP contribution in [0.25, 0.3) is 0 Å². The van der Waals surface area contributed by atoms with Crippen LogP contribution in [0.5, 0.6) is 5.75 Å². The molecule has 0 aromatic heterocycles. The van der Waals surface area contributed by atoms with Gasteiger partial charge in [0.1, 0.15) is 5.75 Å². The predicted molar refractivity (Wildman–Crippen MR) is 108 cm³/mol. The number of thioether (sulfide) groups is 1. The van der Waals surface area contributed by atoms with E-state index in [1.165, 1.54) is 0 Å². The number of carbonyl (C=O) groups excluding carboxylic acids is 1. The summed E-state index contributed by atoms with van der Waals surface area (Å²) in [4.78, 5) is 11.7. The number of carbonyl (C=O) groups is 1. The topological polar surface area (TPSA) is 61.4 Å². The van der Waals surface area contributed by atoms with Crippen molar-refractivity contribution in [3.8, 4) is 5.75 Å². The summed E-state index contributed by atoms with van der Waals surface area (Å²) in [5.41, 5.74) is 2.17. The van der Waals surface area contributed by atoms with Crippen LogP contribution in [0.1, 0.15) is 39.2 Å². The van der Waals surface area contributed by atoms with Crippen LogP contribution < -0.4 is 10.6 Å². The first-order chi connectivity index (χ1) is 11.8. The average molecular weight is 365 g/mol. The van der Waals surface area contributed by atoms with Crippen molar-refractivity contribution < 1.29 is 9.90 Å². The molecule has 25 heavy (non-hydrogen) atoms. The Bertz CT molecular complexity index is 536. The lowest BCUT2D eigenvalue weighted by Crippen LogP contribution is -2.29. The Balaban J connectivity index is 1.98. The van der Waals surface area contributed by atoms with Crippen molar-refractivity contribution in [2.24, 2.45) is 5.41 Å². The Kier molecular flexibility index (Phi) is 9.50. The van der Waals surface area contributed by atoms with Crippen molar-refractivity contribution in [1.29, 1.82) is 0 Å². The van der Waals surface area contributed by atoms with Gasteiger partial charge in [-0.05, 0) is 35.3 Å². The summed E-state index contributed by atoms with van der Waals surface area (Å²) in [5.74, 6) is 2.44. The number of hydrogen-bond donors (Lipinski definition) is 3. The lowest BCUT2D eigenvalue weighted by Gasteiger charge is -2.17. The second kappa shape index (κ2) is 11.1. The highest BCUT2D eigenvalue weighted by molar-refractivity contribution is 7.99. The highest BCUT2D eigenvalue weighted by Gasteiger charge is 2.15. The van der Waals surface area contributed by atoms with E-state index in [2.05, 4.69) is 38.0 Å². The molecule has 0 aliphatic rings. The van der Waals surface area contributed by atoms with Crippen molar-refractivity contribution in [3.63, 3.8) is 0 Å². The number of hydrogen-bond acceptors (Lipinski definition) is 4. The van der Waals surface area contributed by atoms with Crippen molar-refractivity contribution in [2.45, 2.75) is 40.0 Å². The molecule has 0 fully saturated rings. The van der Waals surface area contributed by atoms with Gasteiger partial charge in [-0.25, -0.2) is 0 Å². The quantitative estimate of drug-likeness (QED) is 0.524. The van der Waals surface area contributed by atoms with Gasteiger partial charge in [-0.2, -0.15) is 11.8 Å². The Morgan fingerprint density at radius 2 is 1.80 bits per heavy atom. The van der Waals surface area contributed by atoms with E-state index in [9.17, 15) is 9.90 Å². The zero-order chi connectivity index (χ0) is 18.7. The second-order valence-corrected chi connectivity index (χ2v) is 8.65. The fourth-order valence-electron chi connectivity index (χ4n) is 2.27. The monoisotopic (exact) mass is 364 g/mol. The van der Waals surface area contributed by atoms with Gasteiger partial charge < -0.3 is 15.7 Å². The summed E-state index contributed by atoms with van der Waals surface area (Å²) in [6.45, 7) is 11.9. The predicted octanol–water partition coefficient (Wildman–Crippen LogP) is 3.71. The number of nitrogens with one attached hydrogen (secondary N) is 2. The van der Waals surface area contributed by atoms with Crippen LogP contribution in [0, 0.1) is 5.41 Å². The van der Waals surface area contributed by atoms with Crippen LogP contribution in [0.15, 0.2) is 36.5 Å². The highest BCUT2D eigenvalue weighted by Crippen LogP contribution is 2.17. The normalized spacial score (nSPS) is 11.2. The maximum Gasteiger partial charge on any atom is 0.220 e. The van der Waals surface area contributed by atoms with E-state index in [-0.39, 0.29) is 17.1 Å². The fourth-order valence-corrected chi connectivity index (χ4v) is 3.07. The summed E-state index contributed by atoms with van der Waals surface area (Å²) in [7, 11) is 0. The van der Waals surface area contributed by atoms with Crippen molar-refractivity contribution in [2.75, 3.05) is 24.6 Å². The molecule has 5 heteroatoms. The third-order valence-corrected chi connectivity index (χ3v) is 4.52. The van der Waals surface area contributed by atoms with Crippen molar-refractivity contribution in [1.82, 2.24) is 10.6 Å². The molecule has 4 nitrogen and oxygen atoms in total. The maximum atomic E-state index is 11.7. The Morgan fingerprint density at radius 3 is 2.44 bits per heavy atom. The molecule has 1 rings (SSSR count).